The van der Waals surface area contributed by atoms with Crippen molar-refractivity contribution in [2.45, 2.75) is 70.7 Å². The van der Waals surface area contributed by atoms with Gasteiger partial charge in [0.15, 0.2) is 0 Å². The van der Waals surface area contributed by atoms with Gasteiger partial charge in [-0.05, 0) is 46.0 Å². The third-order valence-electron chi connectivity index (χ3n) is 4.21. The van der Waals surface area contributed by atoms with Crippen LogP contribution in [0.4, 0.5) is 0 Å². The molecular weight excluding hydrogens is 204 g/mol. The van der Waals surface area contributed by atoms with Crippen LogP contribution in [0.1, 0.15) is 53.4 Å². The molecule has 3 fully saturated rings. The normalized spacial score (nSPS) is 40.8. The van der Waals surface area contributed by atoms with Crippen LogP contribution in [0, 0.1) is 5.92 Å². The average Bonchev–Trinajstić information content (AvgIpc) is 2.18. The molecule has 3 atom stereocenters. The summed E-state index contributed by atoms with van der Waals surface area (Å²) in [5, 5.41) is 0. The van der Waals surface area contributed by atoms with E-state index in [9.17, 15) is 4.79 Å². The first-order valence-electron chi connectivity index (χ1n) is 6.27. The van der Waals surface area contributed by atoms with E-state index >= 15 is 0 Å². The van der Waals surface area contributed by atoms with Crippen molar-refractivity contribution in [2.24, 2.45) is 5.92 Å². The summed E-state index contributed by atoms with van der Waals surface area (Å²) >= 11 is 0. The van der Waals surface area contributed by atoms with Crippen LogP contribution in [-0.2, 0) is 14.3 Å². The monoisotopic (exact) mass is 226 g/mol. The fraction of sp³-hybridized carbons (Fsp3) is 0.923. The summed E-state index contributed by atoms with van der Waals surface area (Å²) in [5.41, 5.74) is -0.342. The lowest BCUT2D eigenvalue weighted by atomic mass is 9.67. The molecule has 0 aromatic heterocycles. The van der Waals surface area contributed by atoms with Gasteiger partial charge in [-0.15, -0.1) is 0 Å². The van der Waals surface area contributed by atoms with Crippen LogP contribution in [0.3, 0.4) is 0 Å². The van der Waals surface area contributed by atoms with E-state index in [4.69, 9.17) is 9.47 Å². The highest BCUT2D eigenvalue weighted by molar-refractivity contribution is 5.69. The molecule has 1 saturated carbocycles. The predicted octanol–water partition coefficient (Wildman–Crippen LogP) is 2.68. The third-order valence-corrected chi connectivity index (χ3v) is 4.21. The molecule has 2 aliphatic heterocycles. The minimum absolute atomic E-state index is 0.0493. The quantitative estimate of drug-likeness (QED) is 0.679. The number of carbonyl (C=O) groups is 1. The van der Waals surface area contributed by atoms with Crippen LogP contribution < -0.4 is 0 Å². The van der Waals surface area contributed by atoms with E-state index in [1.54, 1.807) is 0 Å². The zero-order valence-electron chi connectivity index (χ0n) is 10.7. The second-order valence-electron chi connectivity index (χ2n) is 5.82. The van der Waals surface area contributed by atoms with Gasteiger partial charge in [0.2, 0.25) is 0 Å². The van der Waals surface area contributed by atoms with Gasteiger partial charge in [-0.25, -0.2) is 0 Å². The molecule has 2 bridgehead atoms. The van der Waals surface area contributed by atoms with E-state index in [1.165, 1.54) is 6.42 Å². The maximum Gasteiger partial charge on any atom is 0.305 e. The number of ether oxygens (including phenoxy) is 2. The average molecular weight is 226 g/mol. The van der Waals surface area contributed by atoms with Gasteiger partial charge >= 0.3 is 5.97 Å². The fourth-order valence-electron chi connectivity index (χ4n) is 3.09. The Labute approximate surface area is 97.5 Å². The molecule has 16 heavy (non-hydrogen) atoms. The Kier molecular flexibility index (Phi) is 2.77. The molecule has 0 aromatic carbocycles. The van der Waals surface area contributed by atoms with Crippen molar-refractivity contribution in [2.75, 3.05) is 0 Å². The zero-order chi connectivity index (χ0) is 12.0. The van der Waals surface area contributed by atoms with Crippen molar-refractivity contribution in [3.05, 3.63) is 0 Å². The first kappa shape index (κ1) is 11.9. The standard InChI is InChI=1S/C13H22O3/c1-5-11(14)15-10-8-9-6-7-13(10,4)16-12(9,2)3/h9-10H,5-8H2,1-4H3/t9?,10-,13-/m1/s1. The molecule has 0 amide bonds. The maximum absolute atomic E-state index is 11.4. The molecule has 2 saturated heterocycles. The SMILES string of the molecule is CCC(=O)O[C@@H]1CC2CC[C@@]1(C)OC2(C)C. The van der Waals surface area contributed by atoms with Crippen LogP contribution in [0.5, 0.6) is 0 Å². The highest BCUT2D eigenvalue weighted by Gasteiger charge is 2.55. The number of fused-ring (bicyclic) bond motifs is 3. The van der Waals surface area contributed by atoms with Crippen LogP contribution in [0.2, 0.25) is 0 Å². The molecular formula is C13H22O3. The summed E-state index contributed by atoms with van der Waals surface area (Å²) in [4.78, 5) is 11.4. The largest absolute Gasteiger partial charge is 0.459 e. The summed E-state index contributed by atoms with van der Waals surface area (Å²) in [5.74, 6) is 0.407. The Morgan fingerprint density at radius 2 is 2.12 bits per heavy atom. The molecule has 2 heterocycles. The fourth-order valence-corrected chi connectivity index (χ4v) is 3.09. The topological polar surface area (TPSA) is 35.5 Å². The van der Waals surface area contributed by atoms with Crippen molar-refractivity contribution in [3.8, 4) is 0 Å². The lowest BCUT2D eigenvalue weighted by Crippen LogP contribution is -2.62. The zero-order valence-corrected chi connectivity index (χ0v) is 10.7. The van der Waals surface area contributed by atoms with Crippen LogP contribution in [-0.4, -0.2) is 23.3 Å². The van der Waals surface area contributed by atoms with E-state index in [-0.39, 0.29) is 23.3 Å². The third kappa shape index (κ3) is 1.86. The van der Waals surface area contributed by atoms with Crippen LogP contribution in [0.15, 0.2) is 0 Å². The lowest BCUT2D eigenvalue weighted by molar-refractivity contribution is -0.278. The summed E-state index contributed by atoms with van der Waals surface area (Å²) in [7, 11) is 0. The molecule has 92 valence electrons. The maximum atomic E-state index is 11.4. The Morgan fingerprint density at radius 1 is 1.44 bits per heavy atom. The van der Waals surface area contributed by atoms with E-state index in [2.05, 4.69) is 20.8 Å². The van der Waals surface area contributed by atoms with Gasteiger partial charge < -0.3 is 9.47 Å². The van der Waals surface area contributed by atoms with Gasteiger partial charge in [0, 0.05) is 6.42 Å². The molecule has 3 heteroatoms. The molecule has 3 aliphatic rings. The number of hydrogen-bond acceptors (Lipinski definition) is 3. The molecule has 3 nitrogen and oxygen atoms in total. The van der Waals surface area contributed by atoms with E-state index in [1.807, 2.05) is 6.92 Å². The number of esters is 1. The van der Waals surface area contributed by atoms with Crippen LogP contribution in [0.25, 0.3) is 0 Å². The lowest BCUT2D eigenvalue weighted by Gasteiger charge is -2.56. The van der Waals surface area contributed by atoms with Crippen LogP contribution >= 0.6 is 0 Å². The van der Waals surface area contributed by atoms with Gasteiger partial charge in [-0.3, -0.25) is 4.79 Å². The highest BCUT2D eigenvalue weighted by Crippen LogP contribution is 2.50. The molecule has 1 unspecified atom stereocenters. The second-order valence-corrected chi connectivity index (χ2v) is 5.82. The second kappa shape index (κ2) is 3.73. The molecule has 0 spiro atoms. The van der Waals surface area contributed by atoms with Crippen molar-refractivity contribution in [1.29, 1.82) is 0 Å². The Morgan fingerprint density at radius 3 is 2.62 bits per heavy atom. The van der Waals surface area contributed by atoms with Crippen molar-refractivity contribution >= 4 is 5.97 Å². The number of carbonyl (C=O) groups excluding carboxylic acids is 1. The summed E-state index contributed by atoms with van der Waals surface area (Å²) in [6.45, 7) is 8.20. The molecule has 0 radical (unpaired) electrons. The van der Waals surface area contributed by atoms with Gasteiger partial charge in [-0.1, -0.05) is 6.92 Å². The van der Waals surface area contributed by atoms with Crippen molar-refractivity contribution in [3.63, 3.8) is 0 Å². The Balaban J connectivity index is 2.11. The van der Waals surface area contributed by atoms with Crippen molar-refractivity contribution < 1.29 is 14.3 Å². The van der Waals surface area contributed by atoms with E-state index in [0.717, 1.165) is 12.8 Å². The molecule has 1 aliphatic carbocycles. The van der Waals surface area contributed by atoms with Gasteiger partial charge in [0.25, 0.3) is 0 Å². The first-order valence-corrected chi connectivity index (χ1v) is 6.27. The Bertz CT molecular complexity index is 298. The van der Waals surface area contributed by atoms with Gasteiger partial charge in [0.05, 0.1) is 5.60 Å². The van der Waals surface area contributed by atoms with Gasteiger partial charge in [-0.2, -0.15) is 0 Å². The summed E-state index contributed by atoms with van der Waals surface area (Å²) in [6, 6.07) is 0. The molecule has 3 rings (SSSR count). The minimum atomic E-state index is -0.275. The molecule has 0 aromatic rings. The highest BCUT2D eigenvalue weighted by atomic mass is 16.6. The predicted molar refractivity (Wildman–Crippen MR) is 61.1 cm³/mol. The minimum Gasteiger partial charge on any atom is -0.459 e. The smallest absolute Gasteiger partial charge is 0.305 e. The first-order chi connectivity index (χ1) is 7.37. The summed E-state index contributed by atoms with van der Waals surface area (Å²) in [6.07, 6.45) is 3.54. The number of rotatable bonds is 2. The van der Waals surface area contributed by atoms with E-state index < -0.39 is 0 Å². The molecule has 0 N–H and O–H groups in total. The van der Waals surface area contributed by atoms with Gasteiger partial charge in [0.1, 0.15) is 11.7 Å². The summed E-state index contributed by atoms with van der Waals surface area (Å²) < 4.78 is 11.6. The van der Waals surface area contributed by atoms with E-state index in [0.29, 0.717) is 12.3 Å². The van der Waals surface area contributed by atoms with Crippen molar-refractivity contribution in [1.82, 2.24) is 0 Å². The number of hydrogen-bond donors (Lipinski definition) is 0. The Hall–Kier alpha value is -0.570.